The third-order valence-electron chi connectivity index (χ3n) is 3.57. The van der Waals surface area contributed by atoms with Crippen LogP contribution in [0.4, 0.5) is 4.39 Å². The number of halogens is 2. The summed E-state index contributed by atoms with van der Waals surface area (Å²) in [6, 6.07) is 4.81. The second-order valence-electron chi connectivity index (χ2n) is 4.96. The number of nitrogens with zero attached hydrogens (tertiary/aromatic N) is 1. The molecule has 0 bridgehead atoms. The van der Waals surface area contributed by atoms with Crippen LogP contribution in [0.15, 0.2) is 22.7 Å². The highest BCUT2D eigenvalue weighted by atomic mass is 79.9. The average molecular weight is 343 g/mol. The molecule has 1 aromatic rings. The minimum absolute atomic E-state index is 0.0592. The molecule has 1 aliphatic rings. The Labute approximate surface area is 125 Å². The maximum Gasteiger partial charge on any atom is 0.222 e. The Kier molecular flexibility index (Phi) is 4.75. The van der Waals surface area contributed by atoms with Crippen molar-refractivity contribution in [3.8, 4) is 0 Å². The van der Waals surface area contributed by atoms with E-state index in [1.165, 1.54) is 6.07 Å². The summed E-state index contributed by atoms with van der Waals surface area (Å²) in [5.41, 5.74) is 5.75. The van der Waals surface area contributed by atoms with E-state index in [0.717, 1.165) is 0 Å². The molecule has 1 saturated heterocycles. The van der Waals surface area contributed by atoms with Gasteiger partial charge in [-0.1, -0.05) is 22.0 Å². The number of hydrogen-bond donors (Lipinski definition) is 1. The van der Waals surface area contributed by atoms with Gasteiger partial charge in [0.15, 0.2) is 0 Å². The monoisotopic (exact) mass is 342 g/mol. The van der Waals surface area contributed by atoms with Gasteiger partial charge in [-0.05, 0) is 30.5 Å². The number of hydrogen-bond acceptors (Lipinski definition) is 2. The van der Waals surface area contributed by atoms with Crippen LogP contribution in [0.1, 0.15) is 18.4 Å². The van der Waals surface area contributed by atoms with Gasteiger partial charge in [-0.3, -0.25) is 9.59 Å². The molecule has 1 fully saturated rings. The predicted octanol–water partition coefficient (Wildman–Crippen LogP) is 1.85. The van der Waals surface area contributed by atoms with Gasteiger partial charge in [0.25, 0.3) is 0 Å². The smallest absolute Gasteiger partial charge is 0.222 e. The first-order valence-corrected chi connectivity index (χ1v) is 7.27. The lowest BCUT2D eigenvalue weighted by Crippen LogP contribution is -2.31. The molecule has 20 heavy (non-hydrogen) atoms. The lowest BCUT2D eigenvalue weighted by atomic mass is 10.1. The van der Waals surface area contributed by atoms with Crippen molar-refractivity contribution >= 4 is 27.7 Å². The van der Waals surface area contributed by atoms with E-state index >= 15 is 0 Å². The minimum atomic E-state index is -0.362. The van der Waals surface area contributed by atoms with Crippen LogP contribution in [0.2, 0.25) is 0 Å². The second kappa shape index (κ2) is 6.35. The lowest BCUT2D eigenvalue weighted by Gasteiger charge is -2.16. The summed E-state index contributed by atoms with van der Waals surface area (Å²) in [4.78, 5) is 24.7. The number of likely N-dealkylation sites (tertiary alicyclic amines) is 1. The Morgan fingerprint density at radius 3 is 2.80 bits per heavy atom. The van der Waals surface area contributed by atoms with Gasteiger partial charge in [0, 0.05) is 24.0 Å². The molecule has 0 aromatic heterocycles. The SMILES string of the molecule is NC(=O)C1CCN(C(=O)CCc2ccc(Br)cc2F)C1. The van der Waals surface area contributed by atoms with E-state index in [1.807, 2.05) is 0 Å². The summed E-state index contributed by atoms with van der Waals surface area (Å²) in [7, 11) is 0. The van der Waals surface area contributed by atoms with Crippen molar-refractivity contribution in [1.82, 2.24) is 4.90 Å². The van der Waals surface area contributed by atoms with Gasteiger partial charge in [0.05, 0.1) is 5.92 Å². The van der Waals surface area contributed by atoms with Crippen molar-refractivity contribution in [2.24, 2.45) is 11.7 Å². The fraction of sp³-hybridized carbons (Fsp3) is 0.429. The third-order valence-corrected chi connectivity index (χ3v) is 4.06. The van der Waals surface area contributed by atoms with Crippen LogP contribution in [0.5, 0.6) is 0 Å². The van der Waals surface area contributed by atoms with E-state index in [2.05, 4.69) is 15.9 Å². The fourth-order valence-electron chi connectivity index (χ4n) is 2.34. The molecule has 1 atom stereocenters. The van der Waals surface area contributed by atoms with Gasteiger partial charge in [0.1, 0.15) is 5.82 Å². The maximum absolute atomic E-state index is 13.6. The maximum atomic E-state index is 13.6. The number of aryl methyl sites for hydroxylation is 1. The molecule has 0 aliphatic carbocycles. The molecular weight excluding hydrogens is 327 g/mol. The van der Waals surface area contributed by atoms with Crippen molar-refractivity contribution in [3.05, 3.63) is 34.1 Å². The highest BCUT2D eigenvalue weighted by Gasteiger charge is 2.29. The van der Waals surface area contributed by atoms with Crippen LogP contribution >= 0.6 is 15.9 Å². The van der Waals surface area contributed by atoms with Gasteiger partial charge in [0.2, 0.25) is 11.8 Å². The van der Waals surface area contributed by atoms with Crippen molar-refractivity contribution < 1.29 is 14.0 Å². The first-order valence-electron chi connectivity index (χ1n) is 6.48. The van der Waals surface area contributed by atoms with Gasteiger partial charge < -0.3 is 10.6 Å². The molecule has 2 amide bonds. The molecule has 0 saturated carbocycles. The Bertz CT molecular complexity index is 536. The molecular formula is C14H16BrFN2O2. The molecule has 0 radical (unpaired) electrons. The van der Waals surface area contributed by atoms with Gasteiger partial charge in [-0.25, -0.2) is 4.39 Å². The number of primary amides is 1. The second-order valence-corrected chi connectivity index (χ2v) is 5.88. The van der Waals surface area contributed by atoms with E-state index < -0.39 is 0 Å². The van der Waals surface area contributed by atoms with Crippen LogP contribution in [-0.4, -0.2) is 29.8 Å². The topological polar surface area (TPSA) is 63.4 Å². The molecule has 2 N–H and O–H groups in total. The van der Waals surface area contributed by atoms with Crippen molar-refractivity contribution in [2.45, 2.75) is 19.3 Å². The van der Waals surface area contributed by atoms with Crippen LogP contribution < -0.4 is 5.73 Å². The van der Waals surface area contributed by atoms with E-state index in [-0.39, 0.29) is 30.0 Å². The summed E-state index contributed by atoms with van der Waals surface area (Å²) in [5, 5.41) is 0. The highest BCUT2D eigenvalue weighted by Crippen LogP contribution is 2.19. The first-order chi connectivity index (χ1) is 9.47. The normalized spacial score (nSPS) is 18.3. The van der Waals surface area contributed by atoms with Crippen LogP contribution in [-0.2, 0) is 16.0 Å². The van der Waals surface area contributed by atoms with Crippen molar-refractivity contribution in [1.29, 1.82) is 0 Å². The molecule has 0 spiro atoms. The largest absolute Gasteiger partial charge is 0.369 e. The molecule has 1 heterocycles. The number of rotatable bonds is 4. The Balaban J connectivity index is 1.88. The zero-order valence-corrected chi connectivity index (χ0v) is 12.5. The molecule has 1 aliphatic heterocycles. The molecule has 2 rings (SSSR count). The van der Waals surface area contributed by atoms with E-state index in [1.54, 1.807) is 17.0 Å². The minimum Gasteiger partial charge on any atom is -0.369 e. The molecule has 1 aromatic carbocycles. The molecule has 1 unspecified atom stereocenters. The quantitative estimate of drug-likeness (QED) is 0.907. The predicted molar refractivity (Wildman–Crippen MR) is 76.3 cm³/mol. The summed E-state index contributed by atoms with van der Waals surface area (Å²) in [5.74, 6) is -0.984. The van der Waals surface area contributed by atoms with Gasteiger partial charge >= 0.3 is 0 Å². The van der Waals surface area contributed by atoms with Gasteiger partial charge in [-0.15, -0.1) is 0 Å². The Hall–Kier alpha value is -1.43. The molecule has 6 heteroatoms. The number of amides is 2. The zero-order chi connectivity index (χ0) is 14.7. The van der Waals surface area contributed by atoms with Gasteiger partial charge in [-0.2, -0.15) is 0 Å². The van der Waals surface area contributed by atoms with Crippen molar-refractivity contribution in [2.75, 3.05) is 13.1 Å². The van der Waals surface area contributed by atoms with Crippen LogP contribution in [0, 0.1) is 11.7 Å². The first kappa shape index (κ1) is 15.0. The lowest BCUT2D eigenvalue weighted by molar-refractivity contribution is -0.130. The fourth-order valence-corrected chi connectivity index (χ4v) is 2.68. The summed E-state index contributed by atoms with van der Waals surface area (Å²) >= 11 is 3.19. The Morgan fingerprint density at radius 1 is 1.45 bits per heavy atom. The van der Waals surface area contributed by atoms with Crippen LogP contribution in [0.3, 0.4) is 0 Å². The number of nitrogens with two attached hydrogens (primary N) is 1. The zero-order valence-electron chi connectivity index (χ0n) is 10.9. The molecule has 108 valence electrons. The summed E-state index contributed by atoms with van der Waals surface area (Å²) < 4.78 is 14.3. The van der Waals surface area contributed by atoms with Crippen molar-refractivity contribution in [3.63, 3.8) is 0 Å². The summed E-state index contributed by atoms with van der Waals surface area (Å²) in [6.45, 7) is 0.937. The highest BCUT2D eigenvalue weighted by molar-refractivity contribution is 9.10. The number of carbonyl (C=O) groups is 2. The number of benzene rings is 1. The standard InChI is InChI=1S/C14H16BrFN2O2/c15-11-3-1-9(12(16)7-11)2-4-13(19)18-6-5-10(8-18)14(17)20/h1,3,7,10H,2,4-6,8H2,(H2,17,20). The van der Waals surface area contributed by atoms with E-state index in [0.29, 0.717) is 36.0 Å². The third kappa shape index (κ3) is 3.56. The summed E-state index contributed by atoms with van der Waals surface area (Å²) in [6.07, 6.45) is 1.22. The van der Waals surface area contributed by atoms with Crippen LogP contribution in [0.25, 0.3) is 0 Å². The molecule has 4 nitrogen and oxygen atoms in total. The Morgan fingerprint density at radius 2 is 2.20 bits per heavy atom. The van der Waals surface area contributed by atoms with E-state index in [4.69, 9.17) is 5.73 Å². The average Bonchev–Trinajstić information content (AvgIpc) is 2.87. The van der Waals surface area contributed by atoms with E-state index in [9.17, 15) is 14.0 Å². The number of carbonyl (C=O) groups excluding carboxylic acids is 2.